The van der Waals surface area contributed by atoms with E-state index in [2.05, 4.69) is 64.1 Å². The minimum Gasteiger partial charge on any atom is -0.436 e. The Morgan fingerprint density at radius 3 is 1.90 bits per heavy atom. The Morgan fingerprint density at radius 1 is 0.950 bits per heavy atom. The molecule has 0 aromatic rings. The number of hydrogen-bond donors (Lipinski definition) is 0. The van der Waals surface area contributed by atoms with Crippen molar-refractivity contribution < 1.29 is 8.23 Å². The molecule has 0 spiro atoms. The Balaban J connectivity index is 2.79. The summed E-state index contributed by atoms with van der Waals surface area (Å²) >= 11 is 0. The van der Waals surface area contributed by atoms with E-state index in [4.69, 9.17) is 8.23 Å². The van der Waals surface area contributed by atoms with Gasteiger partial charge in [-0.25, -0.2) is 0 Å². The van der Waals surface area contributed by atoms with Crippen molar-refractivity contribution in [2.75, 3.05) is 0 Å². The molecule has 2 nitrogen and oxygen atoms in total. The molecule has 0 heterocycles. The van der Waals surface area contributed by atoms with Gasteiger partial charge in [0.05, 0.1) is 0 Å². The van der Waals surface area contributed by atoms with Crippen LogP contribution in [0.2, 0.25) is 51.9 Å². The fraction of sp³-hybridized carbons (Fsp3) is 0.733. The molecule has 0 amide bonds. The Labute approximate surface area is 128 Å². The molecule has 0 aromatic heterocycles. The zero-order chi connectivity index (χ0) is 15.4. The first-order chi connectivity index (χ1) is 8.99. The van der Waals surface area contributed by atoms with Crippen molar-refractivity contribution in [3.8, 4) is 0 Å². The summed E-state index contributed by atoms with van der Waals surface area (Å²) in [5.41, 5.74) is 1.56. The SMILES string of the molecule is C[Si](C)(C)O[Si](C)(C/C=C1\CC=CCC1)O[Si](C)(C)C. The van der Waals surface area contributed by atoms with Crippen molar-refractivity contribution in [1.29, 1.82) is 0 Å². The molecule has 1 aliphatic carbocycles. The van der Waals surface area contributed by atoms with Crippen molar-refractivity contribution in [3.63, 3.8) is 0 Å². The lowest BCUT2D eigenvalue weighted by molar-refractivity contribution is 0.389. The quantitative estimate of drug-likeness (QED) is 0.478. The summed E-state index contributed by atoms with van der Waals surface area (Å²) in [7, 11) is -5.21. The molecule has 1 aliphatic rings. The lowest BCUT2D eigenvalue weighted by Gasteiger charge is -2.38. The van der Waals surface area contributed by atoms with E-state index in [-0.39, 0.29) is 0 Å². The molecule has 1 rings (SSSR count). The Bertz CT molecular complexity index is 360. The topological polar surface area (TPSA) is 18.5 Å². The summed E-state index contributed by atoms with van der Waals surface area (Å²) in [6.45, 7) is 15.9. The van der Waals surface area contributed by atoms with Crippen LogP contribution in [-0.2, 0) is 8.23 Å². The average molecular weight is 329 g/mol. The van der Waals surface area contributed by atoms with E-state index >= 15 is 0 Å². The van der Waals surface area contributed by atoms with Crippen molar-refractivity contribution in [2.45, 2.75) is 71.1 Å². The van der Waals surface area contributed by atoms with E-state index in [1.165, 1.54) is 12.8 Å². The third kappa shape index (κ3) is 7.73. The van der Waals surface area contributed by atoms with Crippen LogP contribution in [0.3, 0.4) is 0 Å². The molecular weight excluding hydrogens is 296 g/mol. The minimum atomic E-state index is -2.08. The molecule has 0 aromatic carbocycles. The van der Waals surface area contributed by atoms with Crippen LogP contribution in [0.5, 0.6) is 0 Å². The van der Waals surface area contributed by atoms with Crippen LogP contribution in [0, 0.1) is 0 Å². The molecule has 0 radical (unpaired) electrons. The van der Waals surface area contributed by atoms with E-state index in [9.17, 15) is 0 Å². The van der Waals surface area contributed by atoms with E-state index in [1.807, 2.05) is 0 Å². The van der Waals surface area contributed by atoms with Gasteiger partial charge < -0.3 is 8.23 Å². The normalized spacial score (nSPS) is 19.6. The number of hydrogen-bond acceptors (Lipinski definition) is 2. The van der Waals surface area contributed by atoms with Crippen LogP contribution in [-0.4, -0.2) is 25.2 Å². The van der Waals surface area contributed by atoms with Gasteiger partial charge >= 0.3 is 8.56 Å². The van der Waals surface area contributed by atoms with Crippen molar-refractivity contribution >= 4 is 25.2 Å². The summed E-state index contributed by atoms with van der Waals surface area (Å²) in [5.74, 6) is 0. The van der Waals surface area contributed by atoms with Crippen LogP contribution < -0.4 is 0 Å². The minimum absolute atomic E-state index is 1.00. The van der Waals surface area contributed by atoms with Gasteiger partial charge in [-0.05, 0) is 65.1 Å². The molecule has 0 bridgehead atoms. The van der Waals surface area contributed by atoms with Gasteiger partial charge in [-0.3, -0.25) is 0 Å². The smallest absolute Gasteiger partial charge is 0.318 e. The van der Waals surface area contributed by atoms with E-state index < -0.39 is 25.2 Å². The average Bonchev–Trinajstić information content (AvgIpc) is 2.23. The van der Waals surface area contributed by atoms with E-state index in [1.54, 1.807) is 5.57 Å². The molecule has 0 N–H and O–H groups in total. The summed E-state index contributed by atoms with van der Waals surface area (Å²) < 4.78 is 13.0. The molecule has 116 valence electrons. The van der Waals surface area contributed by atoms with Crippen molar-refractivity contribution in [3.05, 3.63) is 23.8 Å². The van der Waals surface area contributed by atoms with E-state index in [0.717, 1.165) is 12.5 Å². The van der Waals surface area contributed by atoms with Crippen LogP contribution in [0.4, 0.5) is 0 Å². The maximum atomic E-state index is 6.52. The molecule has 0 atom stereocenters. The van der Waals surface area contributed by atoms with Crippen LogP contribution in [0.25, 0.3) is 0 Å². The Kier molecular flexibility index (Phi) is 6.22. The summed E-state index contributed by atoms with van der Waals surface area (Å²) in [4.78, 5) is 0. The zero-order valence-corrected chi connectivity index (χ0v) is 17.4. The summed E-state index contributed by atoms with van der Waals surface area (Å²) in [6, 6.07) is 1.00. The van der Waals surface area contributed by atoms with E-state index in [0.29, 0.717) is 0 Å². The highest BCUT2D eigenvalue weighted by Crippen LogP contribution is 2.27. The first kappa shape index (κ1) is 18.1. The number of rotatable bonds is 6. The van der Waals surface area contributed by atoms with Crippen LogP contribution in [0.1, 0.15) is 19.3 Å². The van der Waals surface area contributed by atoms with Gasteiger partial charge in [-0.2, -0.15) is 0 Å². The fourth-order valence-electron chi connectivity index (χ4n) is 2.64. The van der Waals surface area contributed by atoms with Crippen LogP contribution in [0.15, 0.2) is 23.8 Å². The second kappa shape index (κ2) is 6.87. The van der Waals surface area contributed by atoms with Crippen molar-refractivity contribution in [1.82, 2.24) is 0 Å². The van der Waals surface area contributed by atoms with Gasteiger partial charge in [0.2, 0.25) is 0 Å². The lowest BCUT2D eigenvalue weighted by atomic mass is 10.0. The van der Waals surface area contributed by atoms with Gasteiger partial charge in [0.1, 0.15) is 0 Å². The zero-order valence-electron chi connectivity index (χ0n) is 14.4. The third-order valence-electron chi connectivity index (χ3n) is 2.98. The summed E-state index contributed by atoms with van der Waals surface area (Å²) in [6.07, 6.45) is 10.5. The molecule has 5 heteroatoms. The molecule has 20 heavy (non-hydrogen) atoms. The number of allylic oxidation sites excluding steroid dienone is 4. The fourth-order valence-corrected chi connectivity index (χ4v) is 14.9. The summed E-state index contributed by atoms with van der Waals surface area (Å²) in [5, 5.41) is 0. The van der Waals surface area contributed by atoms with Gasteiger partial charge in [0, 0.05) is 6.04 Å². The second-order valence-corrected chi connectivity index (χ2v) is 20.6. The second-order valence-electron chi connectivity index (χ2n) is 7.84. The van der Waals surface area contributed by atoms with Gasteiger partial charge in [0.25, 0.3) is 0 Å². The predicted octanol–water partition coefficient (Wildman–Crippen LogP) is 5.43. The standard InChI is InChI=1S/C15H32O2Si3/c1-18(2,3)16-20(7,17-19(4,5)6)14-13-15-11-9-8-10-12-15/h8-9,13H,10-12,14H2,1-7H3/b15-13+. The van der Waals surface area contributed by atoms with Gasteiger partial charge in [-0.1, -0.05) is 23.8 Å². The van der Waals surface area contributed by atoms with Crippen LogP contribution >= 0.6 is 0 Å². The molecule has 0 saturated carbocycles. The monoisotopic (exact) mass is 328 g/mol. The molecule has 0 fully saturated rings. The van der Waals surface area contributed by atoms with Crippen molar-refractivity contribution in [2.24, 2.45) is 0 Å². The third-order valence-corrected chi connectivity index (χ3v) is 12.3. The Hall–Kier alpha value is 0.0506. The maximum Gasteiger partial charge on any atom is 0.318 e. The molecule has 0 saturated heterocycles. The first-order valence-electron chi connectivity index (χ1n) is 7.72. The molecule has 0 unspecified atom stereocenters. The maximum absolute atomic E-state index is 6.52. The van der Waals surface area contributed by atoms with Gasteiger partial charge in [0.15, 0.2) is 16.6 Å². The largest absolute Gasteiger partial charge is 0.436 e. The highest BCUT2D eigenvalue weighted by molar-refractivity contribution is 6.87. The molecule has 0 aliphatic heterocycles. The predicted molar refractivity (Wildman–Crippen MR) is 96.4 cm³/mol. The lowest BCUT2D eigenvalue weighted by Crippen LogP contribution is -2.52. The first-order valence-corrected chi connectivity index (χ1v) is 17.1. The van der Waals surface area contributed by atoms with Gasteiger partial charge in [-0.15, -0.1) is 0 Å². The Morgan fingerprint density at radius 2 is 1.50 bits per heavy atom. The highest BCUT2D eigenvalue weighted by Gasteiger charge is 2.39. The highest BCUT2D eigenvalue weighted by atomic mass is 28.5. The molecular formula is C15H32O2Si3.